The summed E-state index contributed by atoms with van der Waals surface area (Å²) in [4.78, 5) is 7.03. The highest BCUT2D eigenvalue weighted by Gasteiger charge is 2.13. The van der Waals surface area contributed by atoms with Gasteiger partial charge in [-0.05, 0) is 31.2 Å². The molecule has 1 saturated heterocycles. The van der Waals surface area contributed by atoms with E-state index in [2.05, 4.69) is 45.5 Å². The van der Waals surface area contributed by atoms with E-state index in [9.17, 15) is 0 Å². The molecular formula is C18H29N3. The third kappa shape index (κ3) is 4.43. The molecule has 3 heteroatoms. The first-order chi connectivity index (χ1) is 10.3. The number of nitrogens with zero attached hydrogens (tertiary/aromatic N) is 2. The van der Waals surface area contributed by atoms with Crippen LogP contribution in [-0.2, 0) is 0 Å². The van der Waals surface area contributed by atoms with Crippen molar-refractivity contribution in [2.45, 2.75) is 34.6 Å². The average Bonchev–Trinajstić information content (AvgIpc) is 2.58. The lowest BCUT2D eigenvalue weighted by molar-refractivity contribution is 0.590. The van der Waals surface area contributed by atoms with Gasteiger partial charge in [0.25, 0.3) is 0 Å². The molecule has 1 fully saturated rings. The van der Waals surface area contributed by atoms with Gasteiger partial charge in [0.2, 0.25) is 0 Å². The van der Waals surface area contributed by atoms with Crippen molar-refractivity contribution in [2.75, 3.05) is 31.1 Å². The van der Waals surface area contributed by atoms with Crippen molar-refractivity contribution < 1.29 is 0 Å². The van der Waals surface area contributed by atoms with Gasteiger partial charge in [-0.15, -0.1) is 0 Å². The van der Waals surface area contributed by atoms with Gasteiger partial charge in [-0.2, -0.15) is 0 Å². The normalized spacial score (nSPS) is 13.9. The number of hydrogen-bond acceptors (Lipinski definition) is 3. The van der Waals surface area contributed by atoms with E-state index in [-0.39, 0.29) is 0 Å². The second-order valence-corrected chi connectivity index (χ2v) is 4.53. The fourth-order valence-electron chi connectivity index (χ4n) is 2.42. The van der Waals surface area contributed by atoms with Gasteiger partial charge in [-0.25, -0.2) is 0 Å². The van der Waals surface area contributed by atoms with Crippen LogP contribution >= 0.6 is 0 Å². The van der Waals surface area contributed by atoms with Crippen molar-refractivity contribution in [1.82, 2.24) is 10.3 Å². The summed E-state index contributed by atoms with van der Waals surface area (Å²) in [6.07, 6.45) is 0. The highest BCUT2D eigenvalue weighted by molar-refractivity contribution is 5.92. The van der Waals surface area contributed by atoms with E-state index >= 15 is 0 Å². The van der Waals surface area contributed by atoms with Gasteiger partial charge in [-0.3, -0.25) is 4.98 Å². The lowest BCUT2D eigenvalue weighted by Crippen LogP contribution is -2.43. The standard InChI is InChI=1S/C14H17N3.2C2H6/c1-11-5-6-12-13(16-11)3-2-4-14(12)17-9-7-15-8-10-17;2*1-2/h2-6,15H,7-10H2,1H3;2*1-2H3. The Labute approximate surface area is 129 Å². The summed E-state index contributed by atoms with van der Waals surface area (Å²) in [7, 11) is 0. The summed E-state index contributed by atoms with van der Waals surface area (Å²) in [5.41, 5.74) is 3.49. The second kappa shape index (κ2) is 9.35. The smallest absolute Gasteiger partial charge is 0.0726 e. The van der Waals surface area contributed by atoms with E-state index < -0.39 is 0 Å². The van der Waals surface area contributed by atoms with Crippen molar-refractivity contribution in [3.63, 3.8) is 0 Å². The van der Waals surface area contributed by atoms with E-state index in [4.69, 9.17) is 0 Å². The molecule has 1 aliphatic heterocycles. The molecule has 0 bridgehead atoms. The Bertz CT molecular complexity index is 531. The largest absolute Gasteiger partial charge is 0.368 e. The van der Waals surface area contributed by atoms with Crippen molar-refractivity contribution in [1.29, 1.82) is 0 Å². The maximum absolute atomic E-state index is 4.59. The molecule has 0 aliphatic carbocycles. The van der Waals surface area contributed by atoms with Crippen molar-refractivity contribution >= 4 is 16.6 Å². The second-order valence-electron chi connectivity index (χ2n) is 4.53. The van der Waals surface area contributed by atoms with Gasteiger partial charge in [0.15, 0.2) is 0 Å². The average molecular weight is 287 g/mol. The van der Waals surface area contributed by atoms with Crippen molar-refractivity contribution in [3.8, 4) is 0 Å². The Morgan fingerprint density at radius 1 is 0.952 bits per heavy atom. The number of hydrogen-bond donors (Lipinski definition) is 1. The third-order valence-electron chi connectivity index (χ3n) is 3.31. The van der Waals surface area contributed by atoms with Gasteiger partial charge in [-0.1, -0.05) is 33.8 Å². The fraction of sp³-hybridized carbons (Fsp3) is 0.500. The highest BCUT2D eigenvalue weighted by atomic mass is 15.2. The van der Waals surface area contributed by atoms with E-state index in [0.29, 0.717) is 0 Å². The molecule has 3 nitrogen and oxygen atoms in total. The van der Waals surface area contributed by atoms with Crippen LogP contribution in [0.3, 0.4) is 0 Å². The molecule has 116 valence electrons. The zero-order valence-corrected chi connectivity index (χ0v) is 14.1. The van der Waals surface area contributed by atoms with Crippen LogP contribution in [0.25, 0.3) is 10.9 Å². The quantitative estimate of drug-likeness (QED) is 0.859. The zero-order valence-electron chi connectivity index (χ0n) is 14.1. The molecule has 3 rings (SSSR count). The monoisotopic (exact) mass is 287 g/mol. The van der Waals surface area contributed by atoms with E-state index in [1.807, 2.05) is 34.6 Å². The molecule has 0 saturated carbocycles. The number of rotatable bonds is 1. The summed E-state index contributed by atoms with van der Waals surface area (Å²) in [5, 5.41) is 4.65. The van der Waals surface area contributed by atoms with Crippen LogP contribution < -0.4 is 10.2 Å². The van der Waals surface area contributed by atoms with Crippen LogP contribution in [0, 0.1) is 6.92 Å². The predicted molar refractivity (Wildman–Crippen MR) is 94.3 cm³/mol. The molecule has 2 aromatic rings. The van der Waals surface area contributed by atoms with E-state index in [0.717, 1.165) is 37.4 Å². The summed E-state index contributed by atoms with van der Waals surface area (Å²) in [5.74, 6) is 0. The Morgan fingerprint density at radius 3 is 2.29 bits per heavy atom. The minimum absolute atomic E-state index is 1.07. The Kier molecular flexibility index (Phi) is 7.76. The summed E-state index contributed by atoms with van der Waals surface area (Å²) in [6, 6.07) is 10.7. The number of fused-ring (bicyclic) bond motifs is 1. The Balaban J connectivity index is 0.000000510. The highest BCUT2D eigenvalue weighted by Crippen LogP contribution is 2.26. The van der Waals surface area contributed by atoms with Crippen LogP contribution in [0.5, 0.6) is 0 Å². The molecule has 1 aromatic heterocycles. The molecule has 1 N–H and O–H groups in total. The van der Waals surface area contributed by atoms with Crippen LogP contribution in [0.1, 0.15) is 33.4 Å². The van der Waals surface area contributed by atoms with Gasteiger partial charge in [0.1, 0.15) is 0 Å². The number of benzene rings is 1. The van der Waals surface area contributed by atoms with Crippen LogP contribution in [-0.4, -0.2) is 31.2 Å². The molecule has 2 heterocycles. The number of pyridine rings is 1. The van der Waals surface area contributed by atoms with Crippen LogP contribution in [0.2, 0.25) is 0 Å². The fourth-order valence-corrected chi connectivity index (χ4v) is 2.42. The minimum Gasteiger partial charge on any atom is -0.368 e. The Morgan fingerprint density at radius 2 is 1.62 bits per heavy atom. The van der Waals surface area contributed by atoms with Gasteiger partial charge < -0.3 is 10.2 Å². The van der Waals surface area contributed by atoms with Crippen LogP contribution in [0.15, 0.2) is 30.3 Å². The minimum atomic E-state index is 1.07. The first-order valence-corrected chi connectivity index (χ1v) is 8.17. The number of piperazine rings is 1. The summed E-state index contributed by atoms with van der Waals surface area (Å²) in [6.45, 7) is 14.3. The molecule has 0 atom stereocenters. The first-order valence-electron chi connectivity index (χ1n) is 8.17. The molecule has 1 aliphatic rings. The van der Waals surface area contributed by atoms with E-state index in [1.165, 1.54) is 11.1 Å². The maximum Gasteiger partial charge on any atom is 0.0726 e. The molecular weight excluding hydrogens is 258 g/mol. The summed E-state index contributed by atoms with van der Waals surface area (Å²) < 4.78 is 0. The SMILES string of the molecule is CC.CC.Cc1ccc2c(N3CCNCC3)cccc2n1. The van der Waals surface area contributed by atoms with Gasteiger partial charge in [0.05, 0.1) is 5.52 Å². The molecule has 1 aromatic carbocycles. The van der Waals surface area contributed by atoms with Crippen molar-refractivity contribution in [2.24, 2.45) is 0 Å². The predicted octanol–water partition coefficient (Wildman–Crippen LogP) is 4.01. The first kappa shape index (κ1) is 17.4. The zero-order chi connectivity index (χ0) is 15.7. The third-order valence-corrected chi connectivity index (χ3v) is 3.31. The van der Waals surface area contributed by atoms with Gasteiger partial charge >= 0.3 is 0 Å². The number of nitrogens with one attached hydrogen (secondary N) is 1. The number of aryl methyl sites for hydroxylation is 1. The molecule has 0 amide bonds. The lowest BCUT2D eigenvalue weighted by Gasteiger charge is -2.30. The molecule has 21 heavy (non-hydrogen) atoms. The summed E-state index contributed by atoms with van der Waals surface area (Å²) >= 11 is 0. The molecule has 0 radical (unpaired) electrons. The lowest BCUT2D eigenvalue weighted by atomic mass is 10.1. The topological polar surface area (TPSA) is 28.2 Å². The molecule has 0 unspecified atom stereocenters. The van der Waals surface area contributed by atoms with Crippen molar-refractivity contribution in [3.05, 3.63) is 36.0 Å². The van der Waals surface area contributed by atoms with Crippen LogP contribution in [0.4, 0.5) is 5.69 Å². The van der Waals surface area contributed by atoms with Gasteiger partial charge in [0, 0.05) is 42.9 Å². The number of aromatic nitrogens is 1. The number of anilines is 1. The molecule has 0 spiro atoms. The Hall–Kier alpha value is -1.61. The maximum atomic E-state index is 4.59. The van der Waals surface area contributed by atoms with E-state index in [1.54, 1.807) is 0 Å².